The second-order valence-corrected chi connectivity index (χ2v) is 3.96. The van der Waals surface area contributed by atoms with Gasteiger partial charge in [-0.2, -0.15) is 0 Å². The van der Waals surface area contributed by atoms with Crippen LogP contribution in [0.4, 0.5) is 8.78 Å². The molecule has 1 heterocycles. The number of aromatic nitrogens is 1. The van der Waals surface area contributed by atoms with Crippen LogP contribution in [-0.4, -0.2) is 16.1 Å². The number of carbonyl (C=O) groups is 1. The van der Waals surface area contributed by atoms with Crippen LogP contribution in [0.15, 0.2) is 30.3 Å². The molecule has 3 nitrogen and oxygen atoms in total. The van der Waals surface area contributed by atoms with Crippen molar-refractivity contribution in [3.8, 4) is 11.3 Å². The fourth-order valence-electron chi connectivity index (χ4n) is 1.80. The molecular formula is C14H11F2NO2. The number of aromatic carboxylic acids is 1. The lowest BCUT2D eigenvalue weighted by molar-refractivity contribution is 0.0690. The Morgan fingerprint density at radius 2 is 2.00 bits per heavy atom. The Morgan fingerprint density at radius 1 is 1.26 bits per heavy atom. The summed E-state index contributed by atoms with van der Waals surface area (Å²) in [5.74, 6) is -2.70. The summed E-state index contributed by atoms with van der Waals surface area (Å²) in [4.78, 5) is 14.6. The third-order valence-corrected chi connectivity index (χ3v) is 2.78. The molecule has 5 heteroatoms. The minimum atomic E-state index is -1.24. The number of benzene rings is 1. The van der Waals surface area contributed by atoms with Crippen LogP contribution in [0.5, 0.6) is 0 Å². The first-order chi connectivity index (χ1) is 9.04. The van der Waals surface area contributed by atoms with Crippen LogP contribution in [0, 0.1) is 11.6 Å². The van der Waals surface area contributed by atoms with E-state index in [0.717, 1.165) is 6.07 Å². The summed E-state index contributed by atoms with van der Waals surface area (Å²) in [6.07, 6.45) is 0.414. The van der Waals surface area contributed by atoms with Gasteiger partial charge in [0.05, 0.1) is 11.3 Å². The van der Waals surface area contributed by atoms with Gasteiger partial charge in [-0.3, -0.25) is 0 Å². The number of carboxylic acid groups (broad SMARTS) is 1. The number of aryl methyl sites for hydroxylation is 1. The van der Waals surface area contributed by atoms with E-state index in [1.807, 2.05) is 0 Å². The van der Waals surface area contributed by atoms with Gasteiger partial charge in [0.25, 0.3) is 0 Å². The van der Waals surface area contributed by atoms with Crippen molar-refractivity contribution < 1.29 is 18.7 Å². The third kappa shape index (κ3) is 2.45. The second-order valence-electron chi connectivity index (χ2n) is 3.96. The van der Waals surface area contributed by atoms with Crippen molar-refractivity contribution in [3.05, 3.63) is 53.2 Å². The number of carboxylic acids is 1. The van der Waals surface area contributed by atoms with Gasteiger partial charge in [-0.1, -0.05) is 19.1 Å². The molecule has 1 aromatic heterocycles. The lowest BCUT2D eigenvalue weighted by Gasteiger charge is -2.08. The van der Waals surface area contributed by atoms with Crippen LogP contribution in [0.1, 0.15) is 23.0 Å². The van der Waals surface area contributed by atoms with E-state index >= 15 is 0 Å². The Hall–Kier alpha value is -2.30. The predicted molar refractivity (Wildman–Crippen MR) is 65.9 cm³/mol. The molecule has 0 radical (unpaired) electrons. The van der Waals surface area contributed by atoms with Crippen LogP contribution < -0.4 is 0 Å². The number of hydrogen-bond acceptors (Lipinski definition) is 2. The minimum absolute atomic E-state index is 0.0230. The Balaban J connectivity index is 2.64. The van der Waals surface area contributed by atoms with E-state index in [1.54, 1.807) is 6.92 Å². The summed E-state index contributed by atoms with van der Waals surface area (Å²) in [5.41, 5.74) is -0.204. The van der Waals surface area contributed by atoms with E-state index in [0.29, 0.717) is 12.0 Å². The van der Waals surface area contributed by atoms with E-state index in [2.05, 4.69) is 4.98 Å². The number of hydrogen-bond donors (Lipinski definition) is 1. The maximum absolute atomic E-state index is 14.1. The molecule has 0 fully saturated rings. The molecule has 0 bridgehead atoms. The van der Waals surface area contributed by atoms with Gasteiger partial charge >= 0.3 is 5.97 Å². The molecule has 98 valence electrons. The Bertz CT molecular complexity index is 641. The molecule has 1 aromatic carbocycles. The van der Waals surface area contributed by atoms with Gasteiger partial charge in [0, 0.05) is 0 Å². The summed E-state index contributed by atoms with van der Waals surface area (Å²) < 4.78 is 27.9. The minimum Gasteiger partial charge on any atom is -0.477 e. The maximum atomic E-state index is 14.1. The average molecular weight is 263 g/mol. The Labute approximate surface area is 108 Å². The van der Waals surface area contributed by atoms with Crippen LogP contribution >= 0.6 is 0 Å². The molecule has 0 aliphatic carbocycles. The molecule has 1 N–H and O–H groups in total. The molecule has 0 saturated heterocycles. The maximum Gasteiger partial charge on any atom is 0.354 e. The molecular weight excluding hydrogens is 252 g/mol. The second kappa shape index (κ2) is 5.14. The molecule has 0 atom stereocenters. The molecule has 0 saturated carbocycles. The van der Waals surface area contributed by atoms with Crippen LogP contribution in [0.2, 0.25) is 0 Å². The third-order valence-electron chi connectivity index (χ3n) is 2.78. The number of rotatable bonds is 3. The smallest absolute Gasteiger partial charge is 0.354 e. The molecule has 0 spiro atoms. The molecule has 0 aliphatic rings. The van der Waals surface area contributed by atoms with Gasteiger partial charge in [-0.25, -0.2) is 18.6 Å². The van der Waals surface area contributed by atoms with Crippen molar-refractivity contribution in [1.82, 2.24) is 4.98 Å². The first kappa shape index (κ1) is 13.1. The fraction of sp³-hybridized carbons (Fsp3) is 0.143. The highest BCUT2D eigenvalue weighted by Gasteiger charge is 2.17. The van der Waals surface area contributed by atoms with E-state index in [4.69, 9.17) is 5.11 Å². The SMILES string of the molecule is CCc1ccc(F)c(-c2cccc(C(=O)O)n2)c1F. The van der Waals surface area contributed by atoms with E-state index in [1.165, 1.54) is 24.3 Å². The van der Waals surface area contributed by atoms with Crippen molar-refractivity contribution in [1.29, 1.82) is 0 Å². The monoisotopic (exact) mass is 263 g/mol. The van der Waals surface area contributed by atoms with E-state index in [9.17, 15) is 13.6 Å². The van der Waals surface area contributed by atoms with E-state index in [-0.39, 0.29) is 17.0 Å². The van der Waals surface area contributed by atoms with Gasteiger partial charge < -0.3 is 5.11 Å². The lowest BCUT2D eigenvalue weighted by atomic mass is 10.0. The average Bonchev–Trinajstić information content (AvgIpc) is 2.39. The number of nitrogens with zero attached hydrogens (tertiary/aromatic N) is 1. The molecule has 2 rings (SSSR count). The van der Waals surface area contributed by atoms with E-state index < -0.39 is 17.6 Å². The van der Waals surface area contributed by atoms with Crippen molar-refractivity contribution in [2.24, 2.45) is 0 Å². The number of halogens is 2. The summed E-state index contributed by atoms with van der Waals surface area (Å²) in [7, 11) is 0. The van der Waals surface area contributed by atoms with Gasteiger partial charge in [0.2, 0.25) is 0 Å². The van der Waals surface area contributed by atoms with Crippen LogP contribution in [-0.2, 0) is 6.42 Å². The van der Waals surface area contributed by atoms with Gasteiger partial charge in [-0.05, 0) is 30.2 Å². The molecule has 2 aromatic rings. The summed E-state index contributed by atoms with van der Waals surface area (Å²) in [5, 5.41) is 8.85. The topological polar surface area (TPSA) is 50.2 Å². The van der Waals surface area contributed by atoms with Gasteiger partial charge in [0.15, 0.2) is 0 Å². The zero-order valence-corrected chi connectivity index (χ0v) is 10.2. The lowest BCUT2D eigenvalue weighted by Crippen LogP contribution is -2.03. The first-order valence-electron chi connectivity index (χ1n) is 5.72. The van der Waals surface area contributed by atoms with Crippen LogP contribution in [0.3, 0.4) is 0 Å². The first-order valence-corrected chi connectivity index (χ1v) is 5.72. The highest BCUT2D eigenvalue weighted by Crippen LogP contribution is 2.27. The zero-order chi connectivity index (χ0) is 14.0. The quantitative estimate of drug-likeness (QED) is 0.924. The van der Waals surface area contributed by atoms with Crippen molar-refractivity contribution in [2.75, 3.05) is 0 Å². The Morgan fingerprint density at radius 3 is 2.63 bits per heavy atom. The molecule has 0 unspecified atom stereocenters. The van der Waals surface area contributed by atoms with Crippen molar-refractivity contribution in [3.63, 3.8) is 0 Å². The van der Waals surface area contributed by atoms with Crippen molar-refractivity contribution >= 4 is 5.97 Å². The highest BCUT2D eigenvalue weighted by molar-refractivity contribution is 5.86. The van der Waals surface area contributed by atoms with Crippen molar-refractivity contribution in [2.45, 2.75) is 13.3 Å². The predicted octanol–water partition coefficient (Wildman–Crippen LogP) is 3.29. The summed E-state index contributed by atoms with van der Waals surface area (Å²) in [6, 6.07) is 6.59. The summed E-state index contributed by atoms with van der Waals surface area (Å²) >= 11 is 0. The zero-order valence-electron chi connectivity index (χ0n) is 10.2. The fourth-order valence-corrected chi connectivity index (χ4v) is 1.80. The number of pyridine rings is 1. The van der Waals surface area contributed by atoms with Gasteiger partial charge in [-0.15, -0.1) is 0 Å². The largest absolute Gasteiger partial charge is 0.477 e. The summed E-state index contributed by atoms with van der Waals surface area (Å²) in [6.45, 7) is 1.75. The standard InChI is InChI=1S/C14H11F2NO2/c1-2-8-6-7-9(15)12(13(8)16)10-4-3-5-11(17-10)14(18)19/h3-7H,2H2,1H3,(H,18,19). The molecule has 0 aliphatic heterocycles. The normalized spacial score (nSPS) is 10.5. The molecule has 0 amide bonds. The Kier molecular flexibility index (Phi) is 3.55. The van der Waals surface area contributed by atoms with Crippen LogP contribution in [0.25, 0.3) is 11.3 Å². The highest BCUT2D eigenvalue weighted by atomic mass is 19.1. The molecule has 19 heavy (non-hydrogen) atoms. The van der Waals surface area contributed by atoms with Gasteiger partial charge in [0.1, 0.15) is 17.3 Å².